The van der Waals surface area contributed by atoms with Crippen LogP contribution in [0.15, 0.2) is 42.5 Å². The van der Waals surface area contributed by atoms with E-state index in [4.69, 9.17) is 15.7 Å². The number of ether oxygens (including phenoxy) is 1. The first kappa shape index (κ1) is 17.1. The molecular weight excluding hydrogens is 322 g/mol. The van der Waals surface area contributed by atoms with Gasteiger partial charge in [0.05, 0.1) is 17.7 Å². The van der Waals surface area contributed by atoms with Crippen molar-refractivity contribution in [2.75, 3.05) is 13.1 Å². The summed E-state index contributed by atoms with van der Waals surface area (Å²) in [7, 11) is 0. The first-order valence-corrected chi connectivity index (χ1v) is 9.40. The molecule has 2 aromatic carbocycles. The molecule has 2 aliphatic rings. The largest absolute Gasteiger partial charge is 0.484 e. The number of piperidine rings is 1. The Labute approximate surface area is 155 Å². The van der Waals surface area contributed by atoms with Crippen molar-refractivity contribution in [1.82, 2.24) is 4.90 Å². The van der Waals surface area contributed by atoms with Crippen LogP contribution >= 0.6 is 0 Å². The van der Waals surface area contributed by atoms with Crippen molar-refractivity contribution in [3.05, 3.63) is 64.7 Å². The normalized spacial score (nSPS) is 25.5. The molecule has 4 nitrogen and oxygen atoms in total. The van der Waals surface area contributed by atoms with Crippen molar-refractivity contribution in [2.24, 2.45) is 5.73 Å². The van der Waals surface area contributed by atoms with Gasteiger partial charge in [-0.1, -0.05) is 24.3 Å². The lowest BCUT2D eigenvalue weighted by Gasteiger charge is -2.38. The smallest absolute Gasteiger partial charge is 0.140 e. The average Bonchev–Trinajstić information content (AvgIpc) is 3.02. The molecule has 1 saturated heterocycles. The minimum absolute atomic E-state index is 0.00290. The molecule has 0 aromatic heterocycles. The molecule has 3 atom stereocenters. The summed E-state index contributed by atoms with van der Waals surface area (Å²) >= 11 is 0. The van der Waals surface area contributed by atoms with Crippen LogP contribution in [0.2, 0.25) is 0 Å². The summed E-state index contributed by atoms with van der Waals surface area (Å²) in [5.74, 6) is 0.858. The highest BCUT2D eigenvalue weighted by atomic mass is 16.5. The maximum absolute atomic E-state index is 9.10. The Hall–Kier alpha value is -2.35. The maximum Gasteiger partial charge on any atom is 0.140 e. The molecule has 0 spiro atoms. The van der Waals surface area contributed by atoms with Crippen LogP contribution in [0.5, 0.6) is 5.75 Å². The molecule has 0 bridgehead atoms. The number of nitrogens with two attached hydrogens (primary N) is 1. The molecule has 0 radical (unpaired) electrons. The van der Waals surface area contributed by atoms with E-state index >= 15 is 0 Å². The van der Waals surface area contributed by atoms with Gasteiger partial charge in [-0.05, 0) is 67.6 Å². The lowest BCUT2D eigenvalue weighted by molar-refractivity contribution is 0.0589. The van der Waals surface area contributed by atoms with Crippen LogP contribution in [0.25, 0.3) is 0 Å². The van der Waals surface area contributed by atoms with Crippen LogP contribution in [0, 0.1) is 18.3 Å². The Kier molecular flexibility index (Phi) is 4.67. The Balaban J connectivity index is 1.64. The summed E-state index contributed by atoms with van der Waals surface area (Å²) in [4.78, 5) is 2.51. The molecule has 1 aliphatic carbocycles. The summed E-state index contributed by atoms with van der Waals surface area (Å²) < 4.78 is 6.54. The summed E-state index contributed by atoms with van der Waals surface area (Å²) in [5, 5.41) is 9.10. The third-order valence-electron chi connectivity index (χ3n) is 5.66. The molecule has 2 N–H and O–H groups in total. The van der Waals surface area contributed by atoms with Gasteiger partial charge in [-0.15, -0.1) is 0 Å². The van der Waals surface area contributed by atoms with E-state index in [9.17, 15) is 0 Å². The van der Waals surface area contributed by atoms with Gasteiger partial charge in [0.2, 0.25) is 0 Å². The van der Waals surface area contributed by atoms with E-state index in [1.807, 2.05) is 25.1 Å². The Morgan fingerprint density at radius 3 is 2.85 bits per heavy atom. The van der Waals surface area contributed by atoms with Crippen LogP contribution < -0.4 is 10.5 Å². The second-order valence-corrected chi connectivity index (χ2v) is 7.50. The molecule has 0 amide bonds. The van der Waals surface area contributed by atoms with E-state index in [1.54, 1.807) is 0 Å². The third kappa shape index (κ3) is 3.21. The van der Waals surface area contributed by atoms with Gasteiger partial charge in [-0.25, -0.2) is 0 Å². The van der Waals surface area contributed by atoms with Crippen LogP contribution in [0.1, 0.15) is 41.2 Å². The Morgan fingerprint density at radius 2 is 2.08 bits per heavy atom. The topological polar surface area (TPSA) is 62.3 Å². The lowest BCUT2D eigenvalue weighted by Crippen LogP contribution is -2.49. The first-order valence-electron chi connectivity index (χ1n) is 9.40. The van der Waals surface area contributed by atoms with Crippen molar-refractivity contribution < 1.29 is 4.74 Å². The van der Waals surface area contributed by atoms with Gasteiger partial charge in [-0.2, -0.15) is 5.26 Å². The third-order valence-corrected chi connectivity index (χ3v) is 5.66. The molecule has 0 saturated carbocycles. The van der Waals surface area contributed by atoms with Gasteiger partial charge < -0.3 is 10.5 Å². The van der Waals surface area contributed by atoms with Crippen molar-refractivity contribution in [1.29, 1.82) is 5.26 Å². The first-order chi connectivity index (χ1) is 12.7. The van der Waals surface area contributed by atoms with Crippen LogP contribution in [0.3, 0.4) is 0 Å². The number of aryl methyl sites for hydroxylation is 1. The fraction of sp³-hybridized carbons (Fsp3) is 0.409. The fourth-order valence-corrected chi connectivity index (χ4v) is 4.33. The molecular formula is C22H25N3O. The zero-order chi connectivity index (χ0) is 18.1. The number of likely N-dealkylation sites (tertiary alicyclic amines) is 1. The molecule has 1 fully saturated rings. The lowest BCUT2D eigenvalue weighted by atomic mass is 10.0. The van der Waals surface area contributed by atoms with Crippen molar-refractivity contribution in [2.45, 2.75) is 44.4 Å². The molecule has 26 heavy (non-hydrogen) atoms. The average molecular weight is 347 g/mol. The second kappa shape index (κ2) is 7.11. The van der Waals surface area contributed by atoms with E-state index in [0.29, 0.717) is 11.6 Å². The van der Waals surface area contributed by atoms with Gasteiger partial charge in [0.1, 0.15) is 11.9 Å². The Morgan fingerprint density at radius 1 is 1.23 bits per heavy atom. The van der Waals surface area contributed by atoms with E-state index in [2.05, 4.69) is 35.2 Å². The van der Waals surface area contributed by atoms with E-state index in [0.717, 1.165) is 43.7 Å². The van der Waals surface area contributed by atoms with Crippen molar-refractivity contribution in [3.8, 4) is 11.8 Å². The van der Waals surface area contributed by atoms with Crippen LogP contribution in [-0.2, 0) is 6.42 Å². The number of nitriles is 1. The van der Waals surface area contributed by atoms with E-state index in [-0.39, 0.29) is 12.1 Å². The highest BCUT2D eigenvalue weighted by molar-refractivity contribution is 5.43. The van der Waals surface area contributed by atoms with Gasteiger partial charge >= 0.3 is 0 Å². The molecule has 4 heteroatoms. The zero-order valence-electron chi connectivity index (χ0n) is 15.2. The number of benzene rings is 2. The summed E-state index contributed by atoms with van der Waals surface area (Å²) in [6.45, 7) is 4.02. The van der Waals surface area contributed by atoms with Gasteiger partial charge in [0.15, 0.2) is 0 Å². The standard InChI is InChI=1S/C22H25N3O/c1-15-11-16(13-23)8-9-21(15)26-22-19-7-3-2-5-17(19)12-20(22)25-10-4-6-18(24)14-25/h2-3,5,7-9,11,18,20,22H,4,6,10,12,14,24H2,1H3/t18?,20-,22?/m1/s1. The summed E-state index contributed by atoms with van der Waals surface area (Å²) in [6.07, 6.45) is 3.26. The Bertz CT molecular complexity index is 842. The van der Waals surface area contributed by atoms with Gasteiger partial charge in [0.25, 0.3) is 0 Å². The highest BCUT2D eigenvalue weighted by Gasteiger charge is 2.39. The maximum atomic E-state index is 9.10. The van der Waals surface area contributed by atoms with Crippen LogP contribution in [-0.4, -0.2) is 30.1 Å². The van der Waals surface area contributed by atoms with Crippen molar-refractivity contribution >= 4 is 0 Å². The van der Waals surface area contributed by atoms with Crippen LogP contribution in [0.4, 0.5) is 0 Å². The van der Waals surface area contributed by atoms with Gasteiger partial charge in [-0.3, -0.25) is 4.90 Å². The molecule has 4 rings (SSSR count). The summed E-state index contributed by atoms with van der Waals surface area (Å²) in [5.41, 5.74) is 10.6. The zero-order valence-corrected chi connectivity index (χ0v) is 15.2. The van der Waals surface area contributed by atoms with E-state index in [1.165, 1.54) is 11.1 Å². The SMILES string of the molecule is Cc1cc(C#N)ccc1OC1c2ccccc2C[C@H]1N1CCCC(N)C1. The second-order valence-electron chi connectivity index (χ2n) is 7.50. The minimum Gasteiger partial charge on any atom is -0.484 e. The molecule has 2 aromatic rings. The number of nitrogens with zero attached hydrogens (tertiary/aromatic N) is 2. The highest BCUT2D eigenvalue weighted by Crippen LogP contribution is 2.39. The number of rotatable bonds is 3. The molecule has 1 heterocycles. The van der Waals surface area contributed by atoms with Gasteiger partial charge in [0, 0.05) is 12.6 Å². The van der Waals surface area contributed by atoms with Crippen molar-refractivity contribution in [3.63, 3.8) is 0 Å². The quantitative estimate of drug-likeness (QED) is 0.925. The minimum atomic E-state index is 0.00290. The number of hydrogen-bond donors (Lipinski definition) is 1. The number of hydrogen-bond acceptors (Lipinski definition) is 4. The predicted molar refractivity (Wildman–Crippen MR) is 102 cm³/mol. The monoisotopic (exact) mass is 347 g/mol. The fourth-order valence-electron chi connectivity index (χ4n) is 4.33. The predicted octanol–water partition coefficient (Wildman–Crippen LogP) is 3.33. The number of fused-ring (bicyclic) bond motifs is 1. The molecule has 2 unspecified atom stereocenters. The molecule has 134 valence electrons. The molecule has 1 aliphatic heterocycles. The van der Waals surface area contributed by atoms with E-state index < -0.39 is 0 Å². The summed E-state index contributed by atoms with van der Waals surface area (Å²) in [6, 6.07) is 17.0.